The van der Waals surface area contributed by atoms with E-state index in [9.17, 15) is 13.6 Å². The molecule has 180 valence electrons. The maximum atomic E-state index is 13.8. The molecule has 3 aromatic carbocycles. The van der Waals surface area contributed by atoms with Crippen molar-refractivity contribution >= 4 is 11.6 Å². The van der Waals surface area contributed by atoms with Crippen LogP contribution in [0.2, 0.25) is 0 Å². The fourth-order valence-electron chi connectivity index (χ4n) is 3.72. The summed E-state index contributed by atoms with van der Waals surface area (Å²) in [6, 6.07) is 17.7. The molecule has 0 aliphatic rings. The molecule has 0 unspecified atom stereocenters. The summed E-state index contributed by atoms with van der Waals surface area (Å²) in [5.74, 6) is -1.05. The van der Waals surface area contributed by atoms with Crippen LogP contribution in [0.15, 0.2) is 66.7 Å². The number of nitrogens with one attached hydrogen (secondary N) is 1. The molecule has 6 nitrogen and oxygen atoms in total. The highest BCUT2D eigenvalue weighted by Crippen LogP contribution is 2.23. The number of halogens is 2. The number of hydrogen-bond donors (Lipinski definition) is 1. The van der Waals surface area contributed by atoms with E-state index in [0.29, 0.717) is 29.1 Å². The van der Waals surface area contributed by atoms with E-state index < -0.39 is 11.6 Å². The van der Waals surface area contributed by atoms with Crippen LogP contribution in [-0.2, 0) is 13.2 Å². The van der Waals surface area contributed by atoms with Crippen LogP contribution in [-0.4, -0.2) is 22.8 Å². The van der Waals surface area contributed by atoms with Crippen molar-refractivity contribution in [1.82, 2.24) is 9.78 Å². The first-order valence-electron chi connectivity index (χ1n) is 11.0. The third-order valence-electron chi connectivity index (χ3n) is 5.56. The molecule has 1 amide bonds. The van der Waals surface area contributed by atoms with Gasteiger partial charge in [0, 0.05) is 11.6 Å². The number of amides is 1. The minimum atomic E-state index is -0.782. The summed E-state index contributed by atoms with van der Waals surface area (Å²) >= 11 is 0. The number of rotatable bonds is 8. The fraction of sp³-hybridized carbons (Fsp3) is 0.185. The summed E-state index contributed by atoms with van der Waals surface area (Å²) in [5, 5.41) is 7.53. The van der Waals surface area contributed by atoms with Crippen molar-refractivity contribution in [2.24, 2.45) is 0 Å². The number of aryl methyl sites for hydroxylation is 1. The van der Waals surface area contributed by atoms with Crippen LogP contribution in [0.25, 0.3) is 0 Å². The van der Waals surface area contributed by atoms with Crippen molar-refractivity contribution in [3.05, 3.63) is 106 Å². The van der Waals surface area contributed by atoms with Crippen LogP contribution in [0.5, 0.6) is 11.5 Å². The van der Waals surface area contributed by atoms with Gasteiger partial charge in [-0.15, -0.1) is 0 Å². The van der Waals surface area contributed by atoms with E-state index in [1.807, 2.05) is 42.8 Å². The Morgan fingerprint density at radius 3 is 2.54 bits per heavy atom. The van der Waals surface area contributed by atoms with Crippen LogP contribution < -0.4 is 14.8 Å². The molecule has 0 aliphatic heterocycles. The zero-order valence-corrected chi connectivity index (χ0v) is 19.6. The summed E-state index contributed by atoms with van der Waals surface area (Å²) in [7, 11) is 1.62. The molecule has 4 rings (SSSR count). The predicted molar refractivity (Wildman–Crippen MR) is 129 cm³/mol. The number of carbonyl (C=O) groups excluding carboxylic acids is 1. The van der Waals surface area contributed by atoms with Crippen molar-refractivity contribution in [3.63, 3.8) is 0 Å². The molecule has 0 saturated heterocycles. The third kappa shape index (κ3) is 5.66. The van der Waals surface area contributed by atoms with E-state index in [2.05, 4.69) is 10.4 Å². The highest BCUT2D eigenvalue weighted by molar-refractivity contribution is 6.05. The molecular formula is C27H25F2N3O3. The Morgan fingerprint density at radius 2 is 1.77 bits per heavy atom. The maximum absolute atomic E-state index is 13.8. The molecule has 1 heterocycles. The minimum absolute atomic E-state index is 0.0280. The predicted octanol–water partition coefficient (Wildman–Crippen LogP) is 5.67. The summed E-state index contributed by atoms with van der Waals surface area (Å²) in [6.45, 7) is 4.30. The number of ether oxygens (including phenoxy) is 2. The second kappa shape index (κ2) is 10.4. The lowest BCUT2D eigenvalue weighted by molar-refractivity contribution is 0.102. The van der Waals surface area contributed by atoms with Crippen molar-refractivity contribution in [2.75, 3.05) is 12.4 Å². The SMILES string of the molecule is COc1cccc(Cn2nc(C)c(NC(=O)c3cccc(COc4ccc(F)cc4F)c3)c2C)c1. The van der Waals surface area contributed by atoms with Gasteiger partial charge in [-0.3, -0.25) is 9.48 Å². The van der Waals surface area contributed by atoms with E-state index in [1.165, 1.54) is 6.07 Å². The largest absolute Gasteiger partial charge is 0.497 e. The van der Waals surface area contributed by atoms with Gasteiger partial charge in [0.05, 0.1) is 30.7 Å². The maximum Gasteiger partial charge on any atom is 0.255 e. The van der Waals surface area contributed by atoms with Gasteiger partial charge in [0.2, 0.25) is 0 Å². The quantitative estimate of drug-likeness (QED) is 0.355. The van der Waals surface area contributed by atoms with Crippen LogP contribution in [0.3, 0.4) is 0 Å². The van der Waals surface area contributed by atoms with Crippen molar-refractivity contribution < 1.29 is 23.0 Å². The van der Waals surface area contributed by atoms with Gasteiger partial charge >= 0.3 is 0 Å². The third-order valence-corrected chi connectivity index (χ3v) is 5.56. The smallest absolute Gasteiger partial charge is 0.255 e. The first-order valence-corrected chi connectivity index (χ1v) is 11.0. The summed E-state index contributed by atoms with van der Waals surface area (Å²) in [5.41, 5.74) is 4.29. The van der Waals surface area contributed by atoms with Gasteiger partial charge in [0.25, 0.3) is 5.91 Å². The molecule has 1 aromatic heterocycles. The Balaban J connectivity index is 1.46. The Bertz CT molecular complexity index is 1370. The molecule has 8 heteroatoms. The molecule has 0 fully saturated rings. The van der Waals surface area contributed by atoms with Gasteiger partial charge in [0.1, 0.15) is 18.2 Å². The number of anilines is 1. The topological polar surface area (TPSA) is 65.4 Å². The number of methoxy groups -OCH3 is 1. The van der Waals surface area contributed by atoms with Gasteiger partial charge in [-0.25, -0.2) is 8.78 Å². The summed E-state index contributed by atoms with van der Waals surface area (Å²) in [4.78, 5) is 13.0. The lowest BCUT2D eigenvalue weighted by atomic mass is 10.1. The summed E-state index contributed by atoms with van der Waals surface area (Å²) in [6.07, 6.45) is 0. The van der Waals surface area contributed by atoms with E-state index in [4.69, 9.17) is 9.47 Å². The second-order valence-corrected chi connectivity index (χ2v) is 8.07. The van der Waals surface area contributed by atoms with Crippen molar-refractivity contribution in [1.29, 1.82) is 0 Å². The van der Waals surface area contributed by atoms with E-state index in [-0.39, 0.29) is 18.3 Å². The second-order valence-electron chi connectivity index (χ2n) is 8.07. The molecule has 0 radical (unpaired) electrons. The molecular weight excluding hydrogens is 452 g/mol. The molecule has 0 aliphatic carbocycles. The molecule has 0 atom stereocenters. The first kappa shape index (κ1) is 23.9. The highest BCUT2D eigenvalue weighted by Gasteiger charge is 2.16. The molecule has 1 N–H and O–H groups in total. The van der Waals surface area contributed by atoms with Crippen LogP contribution in [0.1, 0.15) is 32.9 Å². The van der Waals surface area contributed by atoms with Crippen LogP contribution >= 0.6 is 0 Å². The van der Waals surface area contributed by atoms with Crippen molar-refractivity contribution in [3.8, 4) is 11.5 Å². The van der Waals surface area contributed by atoms with Gasteiger partial charge < -0.3 is 14.8 Å². The highest BCUT2D eigenvalue weighted by atomic mass is 19.1. The number of hydrogen-bond acceptors (Lipinski definition) is 4. The Labute approximate surface area is 202 Å². The number of nitrogens with zero attached hydrogens (tertiary/aromatic N) is 2. The van der Waals surface area contributed by atoms with Gasteiger partial charge in [0.15, 0.2) is 11.6 Å². The fourth-order valence-corrected chi connectivity index (χ4v) is 3.72. The number of benzene rings is 3. The average Bonchev–Trinajstić information content (AvgIpc) is 3.11. The number of carbonyl (C=O) groups is 1. The number of aromatic nitrogens is 2. The molecule has 0 bridgehead atoms. The molecule has 0 saturated carbocycles. The first-order chi connectivity index (χ1) is 16.8. The lowest BCUT2D eigenvalue weighted by Gasteiger charge is -2.10. The van der Waals surface area contributed by atoms with E-state index >= 15 is 0 Å². The normalized spacial score (nSPS) is 10.8. The van der Waals surface area contributed by atoms with E-state index in [1.54, 1.807) is 31.4 Å². The van der Waals surface area contributed by atoms with Crippen molar-refractivity contribution in [2.45, 2.75) is 27.0 Å². The molecule has 0 spiro atoms. The minimum Gasteiger partial charge on any atom is -0.497 e. The van der Waals surface area contributed by atoms with Crippen LogP contribution in [0, 0.1) is 25.5 Å². The van der Waals surface area contributed by atoms with Gasteiger partial charge in [-0.1, -0.05) is 24.3 Å². The monoisotopic (exact) mass is 477 g/mol. The van der Waals surface area contributed by atoms with Gasteiger partial charge in [-0.05, 0) is 61.4 Å². The molecule has 4 aromatic rings. The van der Waals surface area contributed by atoms with E-state index in [0.717, 1.165) is 29.1 Å². The lowest BCUT2D eigenvalue weighted by Crippen LogP contribution is -2.14. The Morgan fingerprint density at radius 1 is 1.00 bits per heavy atom. The summed E-state index contributed by atoms with van der Waals surface area (Å²) < 4.78 is 39.5. The average molecular weight is 478 g/mol. The zero-order valence-electron chi connectivity index (χ0n) is 19.6. The Hall–Kier alpha value is -4.20. The Kier molecular flexibility index (Phi) is 7.10. The molecule has 35 heavy (non-hydrogen) atoms. The van der Waals surface area contributed by atoms with Crippen LogP contribution in [0.4, 0.5) is 14.5 Å². The standard InChI is InChI=1S/C27H25F2N3O3/c1-17-26(18(2)32(31-17)15-19-6-5-9-23(13-19)34-3)30-27(33)21-8-4-7-20(12-21)16-35-25-11-10-22(28)14-24(25)29/h4-14H,15-16H2,1-3H3,(H,30,33). The zero-order chi connectivity index (χ0) is 24.9. The van der Waals surface area contributed by atoms with Gasteiger partial charge in [-0.2, -0.15) is 5.10 Å².